The summed E-state index contributed by atoms with van der Waals surface area (Å²) in [5.74, 6) is 0. The van der Waals surface area contributed by atoms with Gasteiger partial charge in [0.25, 0.3) is 0 Å². The van der Waals surface area contributed by atoms with Crippen molar-refractivity contribution in [1.29, 1.82) is 0 Å². The van der Waals surface area contributed by atoms with E-state index in [1.807, 2.05) is 6.08 Å². The molecule has 1 aliphatic rings. The quantitative estimate of drug-likeness (QED) is 0.441. The molecule has 0 amide bonds. The molecular weight excluding hydrogens is 191 g/mol. The van der Waals surface area contributed by atoms with Crippen LogP contribution in [0, 0.1) is 0 Å². The van der Waals surface area contributed by atoms with E-state index in [2.05, 4.69) is 56.3 Å². The highest BCUT2D eigenvalue weighted by Gasteiger charge is 2.20. The molecule has 0 unspecified atom stereocenters. The fourth-order valence-electron chi connectivity index (χ4n) is 2.38. The van der Waals surface area contributed by atoms with E-state index in [1.54, 1.807) is 0 Å². The van der Waals surface area contributed by atoms with Crippen LogP contribution in [0.2, 0.25) is 0 Å². The zero-order valence-corrected chi connectivity index (χ0v) is 9.11. The van der Waals surface area contributed by atoms with Gasteiger partial charge in [-0.2, -0.15) is 0 Å². The molecule has 0 spiro atoms. The topological polar surface area (TPSA) is 0 Å². The Bertz CT molecular complexity index is 555. The summed E-state index contributed by atoms with van der Waals surface area (Å²) >= 11 is 0. The summed E-state index contributed by atoms with van der Waals surface area (Å²) in [6.45, 7) is 3.82. The largest absolute Gasteiger partial charge is 0.193 e. The summed E-state index contributed by atoms with van der Waals surface area (Å²) in [6, 6.07) is 15.1. The second-order valence-electron chi connectivity index (χ2n) is 4.10. The average molecular weight is 203 g/mol. The molecule has 0 nitrogen and oxygen atoms in total. The molecule has 1 heteroatoms. The average Bonchev–Trinajstić information content (AvgIpc) is 2.69. The van der Waals surface area contributed by atoms with Gasteiger partial charge in [0.1, 0.15) is 0 Å². The maximum atomic E-state index is 3.82. The second-order valence-corrected chi connectivity index (χ2v) is 4.10. The maximum absolute atomic E-state index is 3.82. The van der Waals surface area contributed by atoms with E-state index in [1.165, 1.54) is 27.6 Å². The van der Waals surface area contributed by atoms with Crippen LogP contribution in [0.4, 0.5) is 0 Å². The Morgan fingerprint density at radius 1 is 1.00 bits per heavy atom. The van der Waals surface area contributed by atoms with E-state index < -0.39 is 0 Å². The summed E-state index contributed by atoms with van der Waals surface area (Å²) in [5, 5.41) is 0. The predicted molar refractivity (Wildman–Crippen MR) is 70.8 cm³/mol. The molecule has 1 heterocycles. The Balaban J connectivity index is 2.19. The van der Waals surface area contributed by atoms with E-state index in [0.29, 0.717) is 0 Å². The molecule has 0 saturated carbocycles. The molecule has 0 atom stereocenters. The first-order valence-corrected chi connectivity index (χ1v) is 5.57. The van der Waals surface area contributed by atoms with E-state index in [4.69, 9.17) is 0 Å². The molecule has 0 saturated heterocycles. The van der Waals surface area contributed by atoms with Crippen LogP contribution in [0.15, 0.2) is 55.1 Å². The van der Waals surface area contributed by atoms with Gasteiger partial charge in [-0.05, 0) is 23.1 Å². The molecule has 2 aromatic rings. The van der Waals surface area contributed by atoms with Crippen LogP contribution >= 0.6 is 0 Å². The van der Waals surface area contributed by atoms with Gasteiger partial charge in [-0.3, -0.25) is 0 Å². The van der Waals surface area contributed by atoms with Gasteiger partial charge in [0.15, 0.2) is 7.28 Å². The molecule has 3 rings (SSSR count). The lowest BCUT2D eigenvalue weighted by molar-refractivity contribution is 1.30. The number of allylic oxidation sites excluding steroid dienone is 1. The van der Waals surface area contributed by atoms with Gasteiger partial charge < -0.3 is 0 Å². The van der Waals surface area contributed by atoms with E-state index in [0.717, 1.165) is 6.42 Å². The first-order valence-electron chi connectivity index (χ1n) is 5.57. The van der Waals surface area contributed by atoms with Crippen LogP contribution in [0.25, 0.3) is 11.1 Å². The van der Waals surface area contributed by atoms with Crippen molar-refractivity contribution in [3.05, 3.63) is 60.7 Å². The number of rotatable bonds is 2. The third-order valence-electron chi connectivity index (χ3n) is 3.11. The highest BCUT2D eigenvalue weighted by Crippen LogP contribution is 2.21. The summed E-state index contributed by atoms with van der Waals surface area (Å²) in [5.41, 5.74) is 6.76. The minimum atomic E-state index is 0.938. The Kier molecular flexibility index (Phi) is 2.18. The Morgan fingerprint density at radius 3 is 2.69 bits per heavy atom. The molecule has 1 radical (unpaired) electrons. The highest BCUT2D eigenvalue weighted by atomic mass is 14.1. The Hall–Kier alpha value is -1.76. The Morgan fingerprint density at radius 2 is 1.81 bits per heavy atom. The van der Waals surface area contributed by atoms with Gasteiger partial charge >= 0.3 is 0 Å². The molecule has 2 aromatic carbocycles. The first kappa shape index (κ1) is 9.47. The second kappa shape index (κ2) is 3.68. The van der Waals surface area contributed by atoms with Gasteiger partial charge in [-0.1, -0.05) is 59.5 Å². The monoisotopic (exact) mass is 203 g/mol. The summed E-state index contributed by atoms with van der Waals surface area (Å²) < 4.78 is 0. The lowest BCUT2D eigenvalue weighted by Gasteiger charge is -2.06. The molecule has 0 fully saturated rings. The van der Waals surface area contributed by atoms with Gasteiger partial charge in [0.05, 0.1) is 0 Å². The fourth-order valence-corrected chi connectivity index (χ4v) is 2.38. The van der Waals surface area contributed by atoms with Gasteiger partial charge in [-0.25, -0.2) is 0 Å². The molecule has 0 N–H and O–H groups in total. The smallest absolute Gasteiger partial charge is 0.103 e. The van der Waals surface area contributed by atoms with Gasteiger partial charge in [0, 0.05) is 0 Å². The Labute approximate surface area is 96.9 Å². The van der Waals surface area contributed by atoms with Crippen molar-refractivity contribution in [3.63, 3.8) is 0 Å². The van der Waals surface area contributed by atoms with Crippen molar-refractivity contribution in [2.45, 2.75) is 6.42 Å². The van der Waals surface area contributed by atoms with Crippen LogP contribution in [0.5, 0.6) is 0 Å². The molecule has 1 aliphatic heterocycles. The first-order chi connectivity index (χ1) is 7.90. The normalized spacial score (nSPS) is 11.5. The van der Waals surface area contributed by atoms with Crippen molar-refractivity contribution in [2.24, 2.45) is 0 Å². The fraction of sp³-hybridized carbons (Fsp3) is 0.0667. The van der Waals surface area contributed by atoms with E-state index in [-0.39, 0.29) is 0 Å². The molecule has 0 bridgehead atoms. The van der Waals surface area contributed by atoms with Crippen molar-refractivity contribution >= 4 is 18.2 Å². The van der Waals surface area contributed by atoms with E-state index >= 15 is 0 Å². The third-order valence-corrected chi connectivity index (χ3v) is 3.11. The SMILES string of the molecule is C=CCc1cccc2c1[B]c1ccccc1-2. The maximum Gasteiger partial charge on any atom is 0.193 e. The standard InChI is InChI=1S/C15H12B/c1-2-6-11-7-5-9-13-12-8-3-4-10-14(12)16-15(11)13/h2-5,7-10H,1,6H2. The lowest BCUT2D eigenvalue weighted by Crippen LogP contribution is -2.23. The molecular formula is C15H12B. The predicted octanol–water partition coefficient (Wildman–Crippen LogP) is 2.05. The number of benzene rings is 2. The number of fused-ring (bicyclic) bond motifs is 3. The minimum absolute atomic E-state index is 0.938. The summed E-state index contributed by atoms with van der Waals surface area (Å²) in [6.07, 6.45) is 2.90. The van der Waals surface area contributed by atoms with Crippen molar-refractivity contribution < 1.29 is 0 Å². The molecule has 0 aliphatic carbocycles. The molecule has 75 valence electrons. The van der Waals surface area contributed by atoms with Crippen LogP contribution in [-0.2, 0) is 6.42 Å². The lowest BCUT2D eigenvalue weighted by atomic mass is 9.66. The van der Waals surface area contributed by atoms with Crippen molar-refractivity contribution in [3.8, 4) is 11.1 Å². The zero-order valence-electron chi connectivity index (χ0n) is 9.11. The van der Waals surface area contributed by atoms with Crippen LogP contribution < -0.4 is 10.9 Å². The van der Waals surface area contributed by atoms with E-state index in [9.17, 15) is 0 Å². The summed E-state index contributed by atoms with van der Waals surface area (Å²) in [4.78, 5) is 0. The van der Waals surface area contributed by atoms with Crippen LogP contribution in [0.1, 0.15) is 5.56 Å². The van der Waals surface area contributed by atoms with Gasteiger partial charge in [0.2, 0.25) is 0 Å². The highest BCUT2D eigenvalue weighted by molar-refractivity contribution is 6.73. The summed E-state index contributed by atoms with van der Waals surface area (Å²) in [7, 11) is 2.28. The number of hydrogen-bond acceptors (Lipinski definition) is 0. The van der Waals surface area contributed by atoms with Crippen molar-refractivity contribution in [1.82, 2.24) is 0 Å². The molecule has 0 aromatic heterocycles. The van der Waals surface area contributed by atoms with Gasteiger partial charge in [-0.15, -0.1) is 6.58 Å². The number of hydrogen-bond donors (Lipinski definition) is 0. The van der Waals surface area contributed by atoms with Crippen LogP contribution in [0.3, 0.4) is 0 Å². The minimum Gasteiger partial charge on any atom is -0.103 e. The zero-order chi connectivity index (χ0) is 11.0. The molecule has 16 heavy (non-hydrogen) atoms. The van der Waals surface area contributed by atoms with Crippen LogP contribution in [-0.4, -0.2) is 7.28 Å². The third kappa shape index (κ3) is 1.32. The van der Waals surface area contributed by atoms with Crippen molar-refractivity contribution in [2.75, 3.05) is 0 Å².